The van der Waals surface area contributed by atoms with Gasteiger partial charge >= 0.3 is 0 Å². The van der Waals surface area contributed by atoms with Gasteiger partial charge in [0.1, 0.15) is 11.6 Å². The van der Waals surface area contributed by atoms with Crippen LogP contribution in [0.2, 0.25) is 0 Å². The minimum absolute atomic E-state index is 0.0230. The van der Waals surface area contributed by atoms with Gasteiger partial charge < -0.3 is 0 Å². The minimum Gasteiger partial charge on any atom is -0.300 e. The third-order valence-electron chi connectivity index (χ3n) is 2.60. The van der Waals surface area contributed by atoms with E-state index in [1.807, 2.05) is 6.07 Å². The minimum atomic E-state index is -0.900. The highest BCUT2D eigenvalue weighted by Gasteiger charge is 2.46. The zero-order chi connectivity index (χ0) is 10.2. The van der Waals surface area contributed by atoms with Gasteiger partial charge in [0.05, 0.1) is 11.5 Å². The smallest absolute Gasteiger partial charge is 0.136 e. The second kappa shape index (κ2) is 2.91. The van der Waals surface area contributed by atoms with Crippen molar-refractivity contribution in [1.29, 1.82) is 5.26 Å². The molecule has 1 aromatic carbocycles. The molecule has 1 fully saturated rings. The SMILES string of the molecule is N#CC1(c2ccccc2F)CC(=O)C1. The van der Waals surface area contributed by atoms with Crippen LogP contribution in [-0.2, 0) is 10.2 Å². The van der Waals surface area contributed by atoms with Crippen LogP contribution in [0.4, 0.5) is 4.39 Å². The Labute approximate surface area is 81.0 Å². The summed E-state index contributed by atoms with van der Waals surface area (Å²) < 4.78 is 13.4. The van der Waals surface area contributed by atoms with Gasteiger partial charge in [0.15, 0.2) is 0 Å². The first-order valence-electron chi connectivity index (χ1n) is 4.36. The first-order chi connectivity index (χ1) is 6.68. The highest BCUT2D eigenvalue weighted by molar-refractivity contribution is 5.90. The van der Waals surface area contributed by atoms with Crippen LogP contribution in [0.25, 0.3) is 0 Å². The number of ketones is 1. The zero-order valence-corrected chi connectivity index (χ0v) is 7.46. The molecule has 70 valence electrons. The van der Waals surface area contributed by atoms with Crippen LogP contribution in [0.3, 0.4) is 0 Å². The number of benzene rings is 1. The Kier molecular flexibility index (Phi) is 1.85. The predicted molar refractivity (Wildman–Crippen MR) is 47.9 cm³/mol. The maximum Gasteiger partial charge on any atom is 0.136 e. The van der Waals surface area contributed by atoms with Crippen molar-refractivity contribution in [2.45, 2.75) is 18.3 Å². The van der Waals surface area contributed by atoms with E-state index in [1.165, 1.54) is 6.07 Å². The van der Waals surface area contributed by atoms with Crippen LogP contribution in [0.5, 0.6) is 0 Å². The molecule has 0 radical (unpaired) electrons. The van der Waals surface area contributed by atoms with E-state index in [9.17, 15) is 9.18 Å². The summed E-state index contributed by atoms with van der Waals surface area (Å²) in [6.45, 7) is 0. The Morgan fingerprint density at radius 2 is 2.00 bits per heavy atom. The topological polar surface area (TPSA) is 40.9 Å². The highest BCUT2D eigenvalue weighted by Crippen LogP contribution is 2.41. The summed E-state index contributed by atoms with van der Waals surface area (Å²) in [6, 6.07) is 8.19. The number of hydrogen-bond acceptors (Lipinski definition) is 2. The van der Waals surface area contributed by atoms with Gasteiger partial charge in [0, 0.05) is 18.4 Å². The fourth-order valence-electron chi connectivity index (χ4n) is 1.80. The van der Waals surface area contributed by atoms with Gasteiger partial charge in [-0.1, -0.05) is 18.2 Å². The molecule has 1 aliphatic rings. The molecule has 0 amide bonds. The molecule has 3 heteroatoms. The molecule has 0 unspecified atom stereocenters. The number of halogens is 1. The van der Waals surface area contributed by atoms with Crippen LogP contribution in [0, 0.1) is 17.1 Å². The molecular weight excluding hydrogens is 181 g/mol. The number of Topliss-reactive ketones (excluding diaryl/α,β-unsaturated/α-hetero) is 1. The Morgan fingerprint density at radius 3 is 2.50 bits per heavy atom. The van der Waals surface area contributed by atoms with Crippen LogP contribution in [0.1, 0.15) is 18.4 Å². The van der Waals surface area contributed by atoms with E-state index in [0.29, 0.717) is 5.56 Å². The van der Waals surface area contributed by atoms with Crippen molar-refractivity contribution in [3.63, 3.8) is 0 Å². The van der Waals surface area contributed by atoms with E-state index in [4.69, 9.17) is 5.26 Å². The first kappa shape index (κ1) is 8.89. The summed E-state index contributed by atoms with van der Waals surface area (Å²) >= 11 is 0. The van der Waals surface area contributed by atoms with Gasteiger partial charge in [-0.3, -0.25) is 4.79 Å². The van der Waals surface area contributed by atoms with Crippen molar-refractivity contribution < 1.29 is 9.18 Å². The normalized spacial score (nSPS) is 18.4. The summed E-state index contributed by atoms with van der Waals surface area (Å²) in [5.41, 5.74) is -0.551. The Morgan fingerprint density at radius 1 is 1.36 bits per heavy atom. The Bertz CT molecular complexity index is 425. The number of nitriles is 1. The second-order valence-electron chi connectivity index (χ2n) is 3.57. The van der Waals surface area contributed by atoms with Crippen LogP contribution in [-0.4, -0.2) is 5.78 Å². The molecule has 1 aromatic rings. The largest absolute Gasteiger partial charge is 0.300 e. The standard InChI is InChI=1S/C11H8FNO/c12-10-4-2-1-3-9(10)11(7-13)5-8(14)6-11/h1-4H,5-6H2. The van der Waals surface area contributed by atoms with Crippen molar-refractivity contribution in [1.82, 2.24) is 0 Å². The molecule has 1 saturated carbocycles. The van der Waals surface area contributed by atoms with E-state index in [2.05, 4.69) is 0 Å². The molecule has 14 heavy (non-hydrogen) atoms. The average Bonchev–Trinajstić information content (AvgIpc) is 2.14. The monoisotopic (exact) mass is 189 g/mol. The predicted octanol–water partition coefficient (Wildman–Crippen LogP) is 1.95. The maximum atomic E-state index is 13.4. The van der Waals surface area contributed by atoms with Crippen molar-refractivity contribution in [2.24, 2.45) is 0 Å². The van der Waals surface area contributed by atoms with Crippen LogP contribution >= 0.6 is 0 Å². The zero-order valence-electron chi connectivity index (χ0n) is 7.46. The lowest BCUT2D eigenvalue weighted by Crippen LogP contribution is -2.41. The van der Waals surface area contributed by atoms with Gasteiger partial charge in [0.25, 0.3) is 0 Å². The van der Waals surface area contributed by atoms with Gasteiger partial charge in [-0.15, -0.1) is 0 Å². The number of nitrogens with zero attached hydrogens (tertiary/aromatic N) is 1. The van der Waals surface area contributed by atoms with Crippen molar-refractivity contribution >= 4 is 5.78 Å². The molecular formula is C11H8FNO. The van der Waals surface area contributed by atoms with Crippen molar-refractivity contribution in [3.8, 4) is 6.07 Å². The average molecular weight is 189 g/mol. The molecule has 0 aliphatic heterocycles. The number of rotatable bonds is 1. The summed E-state index contributed by atoms with van der Waals surface area (Å²) in [4.78, 5) is 10.9. The lowest BCUT2D eigenvalue weighted by molar-refractivity contribution is -0.126. The van der Waals surface area contributed by atoms with E-state index < -0.39 is 11.2 Å². The number of carbonyl (C=O) groups excluding carboxylic acids is 1. The summed E-state index contributed by atoms with van der Waals surface area (Å²) in [7, 11) is 0. The lowest BCUT2D eigenvalue weighted by atomic mass is 9.64. The quantitative estimate of drug-likeness (QED) is 0.677. The van der Waals surface area contributed by atoms with E-state index >= 15 is 0 Å². The number of carbonyl (C=O) groups is 1. The van der Waals surface area contributed by atoms with Gasteiger partial charge in [-0.2, -0.15) is 5.26 Å². The van der Waals surface area contributed by atoms with E-state index in [0.717, 1.165) is 0 Å². The van der Waals surface area contributed by atoms with E-state index in [-0.39, 0.29) is 18.6 Å². The molecule has 0 saturated heterocycles. The molecule has 2 nitrogen and oxygen atoms in total. The third kappa shape index (κ3) is 1.12. The molecule has 0 spiro atoms. The number of hydrogen-bond donors (Lipinski definition) is 0. The first-order valence-corrected chi connectivity index (χ1v) is 4.36. The molecule has 0 aromatic heterocycles. The van der Waals surface area contributed by atoms with Gasteiger partial charge in [-0.05, 0) is 6.07 Å². The molecule has 0 heterocycles. The second-order valence-corrected chi connectivity index (χ2v) is 3.57. The van der Waals surface area contributed by atoms with Crippen molar-refractivity contribution in [2.75, 3.05) is 0 Å². The van der Waals surface area contributed by atoms with E-state index in [1.54, 1.807) is 18.2 Å². The van der Waals surface area contributed by atoms with Crippen molar-refractivity contribution in [3.05, 3.63) is 35.6 Å². The molecule has 1 aliphatic carbocycles. The maximum absolute atomic E-state index is 13.4. The molecule has 0 atom stereocenters. The van der Waals surface area contributed by atoms with Crippen LogP contribution < -0.4 is 0 Å². The Balaban J connectivity index is 2.45. The third-order valence-corrected chi connectivity index (χ3v) is 2.60. The molecule has 0 N–H and O–H groups in total. The highest BCUT2D eigenvalue weighted by atomic mass is 19.1. The van der Waals surface area contributed by atoms with Gasteiger partial charge in [-0.25, -0.2) is 4.39 Å². The van der Waals surface area contributed by atoms with Gasteiger partial charge in [0.2, 0.25) is 0 Å². The fourth-order valence-corrected chi connectivity index (χ4v) is 1.80. The Hall–Kier alpha value is -1.69. The lowest BCUT2D eigenvalue weighted by Gasteiger charge is -2.34. The fraction of sp³-hybridized carbons (Fsp3) is 0.273. The van der Waals surface area contributed by atoms with Crippen LogP contribution in [0.15, 0.2) is 24.3 Å². The summed E-state index contributed by atoms with van der Waals surface area (Å²) in [6.07, 6.45) is 0.287. The summed E-state index contributed by atoms with van der Waals surface area (Å²) in [5, 5.41) is 8.96. The molecule has 0 bridgehead atoms. The summed E-state index contributed by atoms with van der Waals surface area (Å²) in [5.74, 6) is -0.378. The molecule has 2 rings (SSSR count).